The Morgan fingerprint density at radius 3 is 2.50 bits per heavy atom. The molecule has 0 heterocycles. The zero-order valence-corrected chi connectivity index (χ0v) is 17.1. The van der Waals surface area contributed by atoms with Gasteiger partial charge in [0.25, 0.3) is 11.8 Å². The first-order valence-electron chi connectivity index (χ1n) is 9.19. The number of hydrogen-bond donors (Lipinski definition) is 3. The summed E-state index contributed by atoms with van der Waals surface area (Å²) in [5.74, 6) is 1.03. The van der Waals surface area contributed by atoms with Crippen LogP contribution in [0.1, 0.15) is 21.5 Å². The van der Waals surface area contributed by atoms with Gasteiger partial charge in [0, 0.05) is 36.2 Å². The first-order valence-corrected chi connectivity index (χ1v) is 10.3. The van der Waals surface area contributed by atoms with Crippen molar-refractivity contribution in [1.82, 2.24) is 10.6 Å². The summed E-state index contributed by atoms with van der Waals surface area (Å²) in [5.41, 5.74) is 2.37. The maximum Gasteiger partial charge on any atom is 0.275 e. The van der Waals surface area contributed by atoms with Gasteiger partial charge in [-0.25, -0.2) is 4.39 Å². The van der Waals surface area contributed by atoms with Gasteiger partial charge in [0.05, 0.1) is 7.05 Å². The standard InChI is InChI=1S/C21H26FN3O2S/c1-23-21(27)17-9-7-16(8-10-17)13-25(2)14-20(26)24-11-12-28-15-18-5-3-4-6-19(18)22/h3-10H,11-15H2,1-2H3,(H,23,27)(H,24,26)/p+1. The van der Waals surface area contributed by atoms with E-state index in [-0.39, 0.29) is 17.6 Å². The number of likely N-dealkylation sites (N-methyl/N-ethyl adjacent to an activating group) is 1. The van der Waals surface area contributed by atoms with E-state index in [2.05, 4.69) is 10.6 Å². The molecule has 0 saturated heterocycles. The van der Waals surface area contributed by atoms with Crippen LogP contribution in [0.3, 0.4) is 0 Å². The van der Waals surface area contributed by atoms with E-state index in [0.717, 1.165) is 16.2 Å². The van der Waals surface area contributed by atoms with Gasteiger partial charge in [-0.3, -0.25) is 9.59 Å². The van der Waals surface area contributed by atoms with Gasteiger partial charge in [-0.15, -0.1) is 0 Å². The molecule has 2 aromatic rings. The van der Waals surface area contributed by atoms with Gasteiger partial charge >= 0.3 is 0 Å². The van der Waals surface area contributed by atoms with Crippen LogP contribution in [0.2, 0.25) is 0 Å². The number of halogens is 1. The first kappa shape index (κ1) is 21.9. The highest BCUT2D eigenvalue weighted by Gasteiger charge is 2.11. The zero-order chi connectivity index (χ0) is 20.4. The molecule has 0 aliphatic heterocycles. The van der Waals surface area contributed by atoms with E-state index in [1.54, 1.807) is 43.1 Å². The number of amides is 2. The molecular formula is C21H27FN3O2S+. The lowest BCUT2D eigenvalue weighted by Gasteiger charge is -2.14. The Kier molecular flexibility index (Phi) is 8.97. The monoisotopic (exact) mass is 404 g/mol. The Morgan fingerprint density at radius 2 is 1.82 bits per heavy atom. The second-order valence-corrected chi connectivity index (χ2v) is 7.69. The molecule has 5 nitrogen and oxygen atoms in total. The molecule has 1 atom stereocenters. The minimum atomic E-state index is -0.187. The highest BCUT2D eigenvalue weighted by Crippen LogP contribution is 2.14. The Hall–Kier alpha value is -2.38. The zero-order valence-electron chi connectivity index (χ0n) is 16.3. The van der Waals surface area contributed by atoms with Crippen LogP contribution in [0, 0.1) is 5.82 Å². The summed E-state index contributed by atoms with van der Waals surface area (Å²) in [5, 5.41) is 5.50. The van der Waals surface area contributed by atoms with Crippen LogP contribution in [-0.2, 0) is 17.1 Å². The molecule has 3 N–H and O–H groups in total. The van der Waals surface area contributed by atoms with Gasteiger partial charge in [0.2, 0.25) is 0 Å². The van der Waals surface area contributed by atoms with Crippen LogP contribution >= 0.6 is 11.8 Å². The van der Waals surface area contributed by atoms with Crippen LogP contribution in [0.15, 0.2) is 48.5 Å². The Morgan fingerprint density at radius 1 is 1.11 bits per heavy atom. The number of benzene rings is 2. The average molecular weight is 405 g/mol. The van der Waals surface area contributed by atoms with Crippen molar-refractivity contribution in [3.8, 4) is 0 Å². The molecule has 0 bridgehead atoms. The van der Waals surface area contributed by atoms with E-state index in [1.165, 1.54) is 6.07 Å². The predicted molar refractivity (Wildman–Crippen MR) is 111 cm³/mol. The molecule has 1 unspecified atom stereocenters. The first-order chi connectivity index (χ1) is 13.5. The van der Waals surface area contributed by atoms with Crippen molar-refractivity contribution in [2.45, 2.75) is 12.3 Å². The number of carbonyl (C=O) groups excluding carboxylic acids is 2. The van der Waals surface area contributed by atoms with Crippen molar-refractivity contribution < 1.29 is 18.9 Å². The summed E-state index contributed by atoms with van der Waals surface area (Å²) < 4.78 is 13.5. The second kappa shape index (κ2) is 11.5. The third-order valence-electron chi connectivity index (χ3n) is 4.20. The Balaban J connectivity index is 1.64. The quantitative estimate of drug-likeness (QED) is 0.523. The minimum Gasteiger partial charge on any atom is -0.355 e. The van der Waals surface area contributed by atoms with E-state index >= 15 is 0 Å². The lowest BCUT2D eigenvalue weighted by atomic mass is 10.1. The maximum atomic E-state index is 13.5. The van der Waals surface area contributed by atoms with Crippen molar-refractivity contribution in [2.75, 3.05) is 32.9 Å². The number of hydrogen-bond acceptors (Lipinski definition) is 3. The van der Waals surface area contributed by atoms with Gasteiger partial charge in [0.1, 0.15) is 12.4 Å². The molecule has 0 radical (unpaired) electrons. The van der Waals surface area contributed by atoms with Crippen molar-refractivity contribution in [2.24, 2.45) is 0 Å². The molecule has 0 spiro atoms. The van der Waals surface area contributed by atoms with Crippen LogP contribution in [0.25, 0.3) is 0 Å². The second-order valence-electron chi connectivity index (χ2n) is 6.58. The van der Waals surface area contributed by atoms with Gasteiger partial charge in [0.15, 0.2) is 6.54 Å². The third kappa shape index (κ3) is 7.32. The van der Waals surface area contributed by atoms with Gasteiger partial charge < -0.3 is 15.5 Å². The van der Waals surface area contributed by atoms with Gasteiger partial charge in [-0.2, -0.15) is 11.8 Å². The molecule has 0 aromatic heterocycles. The molecule has 2 rings (SSSR count). The van der Waals surface area contributed by atoms with E-state index in [0.29, 0.717) is 36.5 Å². The number of quaternary nitrogens is 1. The van der Waals surface area contributed by atoms with E-state index in [4.69, 9.17) is 0 Å². The third-order valence-corrected chi connectivity index (χ3v) is 5.20. The fourth-order valence-corrected chi connectivity index (χ4v) is 3.57. The predicted octanol–water partition coefficient (Wildman–Crippen LogP) is 1.25. The molecule has 28 heavy (non-hydrogen) atoms. The highest BCUT2D eigenvalue weighted by molar-refractivity contribution is 7.98. The van der Waals surface area contributed by atoms with E-state index < -0.39 is 0 Å². The summed E-state index contributed by atoms with van der Waals surface area (Å²) in [6.07, 6.45) is 0. The lowest BCUT2D eigenvalue weighted by molar-refractivity contribution is -0.885. The van der Waals surface area contributed by atoms with Crippen molar-refractivity contribution >= 4 is 23.6 Å². The van der Waals surface area contributed by atoms with Gasteiger partial charge in [-0.1, -0.05) is 30.3 Å². The average Bonchev–Trinajstić information content (AvgIpc) is 2.69. The van der Waals surface area contributed by atoms with Gasteiger partial charge in [-0.05, 0) is 23.8 Å². The largest absolute Gasteiger partial charge is 0.355 e. The fourth-order valence-electron chi connectivity index (χ4n) is 2.73. The molecule has 0 saturated carbocycles. The molecule has 150 valence electrons. The van der Waals surface area contributed by atoms with Crippen LogP contribution < -0.4 is 15.5 Å². The molecule has 7 heteroatoms. The number of rotatable bonds is 10. The maximum absolute atomic E-state index is 13.5. The molecule has 0 aliphatic carbocycles. The highest BCUT2D eigenvalue weighted by atomic mass is 32.2. The Bertz CT molecular complexity index is 783. The summed E-state index contributed by atoms with van der Waals surface area (Å²) in [4.78, 5) is 24.7. The summed E-state index contributed by atoms with van der Waals surface area (Å²) in [7, 11) is 3.56. The van der Waals surface area contributed by atoms with Crippen LogP contribution in [0.5, 0.6) is 0 Å². The number of thioether (sulfide) groups is 1. The number of nitrogens with one attached hydrogen (secondary N) is 3. The molecule has 0 fully saturated rings. The van der Waals surface area contributed by atoms with Crippen LogP contribution in [0.4, 0.5) is 4.39 Å². The molecule has 2 amide bonds. The number of carbonyl (C=O) groups is 2. The van der Waals surface area contributed by atoms with Crippen molar-refractivity contribution in [3.05, 3.63) is 71.0 Å². The SMILES string of the molecule is CNC(=O)c1ccc(C[NH+](C)CC(=O)NCCSCc2ccccc2F)cc1. The Labute approximate surface area is 169 Å². The minimum absolute atomic E-state index is 0.00836. The summed E-state index contributed by atoms with van der Waals surface area (Å²) in [6, 6.07) is 14.1. The van der Waals surface area contributed by atoms with Crippen molar-refractivity contribution in [1.29, 1.82) is 0 Å². The topological polar surface area (TPSA) is 62.6 Å². The normalized spacial score (nSPS) is 11.7. The van der Waals surface area contributed by atoms with E-state index in [1.807, 2.05) is 25.2 Å². The van der Waals surface area contributed by atoms with Crippen molar-refractivity contribution in [3.63, 3.8) is 0 Å². The smallest absolute Gasteiger partial charge is 0.275 e. The molecular weight excluding hydrogens is 377 g/mol. The molecule has 0 aliphatic rings. The molecule has 2 aromatic carbocycles. The summed E-state index contributed by atoms with van der Waals surface area (Å²) in [6.45, 7) is 1.63. The summed E-state index contributed by atoms with van der Waals surface area (Å²) >= 11 is 1.60. The fraction of sp³-hybridized carbons (Fsp3) is 0.333. The van der Waals surface area contributed by atoms with E-state index in [9.17, 15) is 14.0 Å². The van der Waals surface area contributed by atoms with Crippen LogP contribution in [-0.4, -0.2) is 44.8 Å². The lowest BCUT2D eigenvalue weighted by Crippen LogP contribution is -3.08.